The van der Waals surface area contributed by atoms with E-state index in [1.54, 1.807) is 7.11 Å². The summed E-state index contributed by atoms with van der Waals surface area (Å²) in [5, 5.41) is 0. The number of nitrogens with one attached hydrogen (secondary N) is 1. The van der Waals surface area contributed by atoms with E-state index in [0.717, 1.165) is 19.3 Å². The van der Waals surface area contributed by atoms with Crippen LogP contribution in [0.5, 0.6) is 0 Å². The van der Waals surface area contributed by atoms with Gasteiger partial charge < -0.3 is 4.74 Å². The Morgan fingerprint density at radius 3 is 2.50 bits per heavy atom. The van der Waals surface area contributed by atoms with E-state index in [2.05, 4.69) is 17.6 Å². The van der Waals surface area contributed by atoms with Crippen LogP contribution < -0.4 is 11.3 Å². The summed E-state index contributed by atoms with van der Waals surface area (Å²) in [7, 11) is 1.80. The van der Waals surface area contributed by atoms with Gasteiger partial charge in [0.15, 0.2) is 0 Å². The van der Waals surface area contributed by atoms with Crippen molar-refractivity contribution in [3.05, 3.63) is 35.9 Å². The minimum atomic E-state index is 0.0485. The molecular formula is C13H20N2O. The van der Waals surface area contributed by atoms with Crippen molar-refractivity contribution < 1.29 is 4.74 Å². The highest BCUT2D eigenvalue weighted by Crippen LogP contribution is 2.41. The molecule has 3 nitrogen and oxygen atoms in total. The molecule has 1 unspecified atom stereocenters. The summed E-state index contributed by atoms with van der Waals surface area (Å²) in [6, 6.07) is 10.5. The topological polar surface area (TPSA) is 47.3 Å². The minimum absolute atomic E-state index is 0.0485. The first kappa shape index (κ1) is 11.6. The Bertz CT molecular complexity index is 316. The highest BCUT2D eigenvalue weighted by atomic mass is 16.5. The zero-order valence-electron chi connectivity index (χ0n) is 9.78. The van der Waals surface area contributed by atoms with E-state index >= 15 is 0 Å². The SMILES string of the molecule is COC1(CC(NN)c2ccccc2)CCC1. The zero-order valence-corrected chi connectivity index (χ0v) is 9.78. The molecule has 0 heterocycles. The number of methoxy groups -OCH3 is 1. The van der Waals surface area contributed by atoms with Gasteiger partial charge in [0.25, 0.3) is 0 Å². The molecule has 16 heavy (non-hydrogen) atoms. The van der Waals surface area contributed by atoms with E-state index in [0.29, 0.717) is 0 Å². The summed E-state index contributed by atoms with van der Waals surface area (Å²) < 4.78 is 5.63. The average Bonchev–Trinajstić information content (AvgIpc) is 2.30. The third-order valence-corrected chi connectivity index (χ3v) is 3.68. The van der Waals surface area contributed by atoms with Crippen LogP contribution in [0.3, 0.4) is 0 Å². The fourth-order valence-corrected chi connectivity index (χ4v) is 2.39. The summed E-state index contributed by atoms with van der Waals surface area (Å²) in [6.07, 6.45) is 4.51. The van der Waals surface area contributed by atoms with Crippen LogP contribution in [0.1, 0.15) is 37.3 Å². The van der Waals surface area contributed by atoms with Gasteiger partial charge in [-0.2, -0.15) is 0 Å². The van der Waals surface area contributed by atoms with Crippen LogP contribution >= 0.6 is 0 Å². The van der Waals surface area contributed by atoms with E-state index in [4.69, 9.17) is 10.6 Å². The van der Waals surface area contributed by atoms with Gasteiger partial charge in [-0.25, -0.2) is 0 Å². The molecule has 1 aromatic carbocycles. The van der Waals surface area contributed by atoms with Gasteiger partial charge in [0.1, 0.15) is 0 Å². The molecule has 1 aromatic rings. The lowest BCUT2D eigenvalue weighted by molar-refractivity contribution is -0.0838. The van der Waals surface area contributed by atoms with E-state index < -0.39 is 0 Å². The van der Waals surface area contributed by atoms with Crippen LogP contribution in [0.15, 0.2) is 30.3 Å². The maximum Gasteiger partial charge on any atom is 0.0697 e. The van der Waals surface area contributed by atoms with Gasteiger partial charge in [-0.15, -0.1) is 0 Å². The van der Waals surface area contributed by atoms with Crippen LogP contribution in [0, 0.1) is 0 Å². The van der Waals surface area contributed by atoms with Gasteiger partial charge in [-0.05, 0) is 31.2 Å². The Balaban J connectivity index is 2.06. The van der Waals surface area contributed by atoms with Crippen molar-refractivity contribution in [2.24, 2.45) is 5.84 Å². The molecule has 1 aliphatic carbocycles. The first-order valence-corrected chi connectivity index (χ1v) is 5.86. The van der Waals surface area contributed by atoms with Crippen LogP contribution in [0.4, 0.5) is 0 Å². The number of ether oxygens (including phenoxy) is 1. The lowest BCUT2D eigenvalue weighted by atomic mass is 9.75. The fraction of sp³-hybridized carbons (Fsp3) is 0.538. The van der Waals surface area contributed by atoms with Gasteiger partial charge in [0.2, 0.25) is 0 Å². The molecular weight excluding hydrogens is 200 g/mol. The molecule has 3 N–H and O–H groups in total. The van der Waals surface area contributed by atoms with Gasteiger partial charge in [-0.1, -0.05) is 30.3 Å². The molecule has 0 aliphatic heterocycles. The highest BCUT2D eigenvalue weighted by Gasteiger charge is 2.39. The third kappa shape index (κ3) is 2.26. The smallest absolute Gasteiger partial charge is 0.0697 e. The minimum Gasteiger partial charge on any atom is -0.378 e. The quantitative estimate of drug-likeness (QED) is 0.590. The summed E-state index contributed by atoms with van der Waals surface area (Å²) in [5.74, 6) is 5.64. The molecule has 1 atom stereocenters. The normalized spacial score (nSPS) is 20.1. The maximum atomic E-state index is 5.64. The molecule has 1 fully saturated rings. The molecule has 88 valence electrons. The number of hydrogen-bond acceptors (Lipinski definition) is 3. The van der Waals surface area contributed by atoms with Gasteiger partial charge in [-0.3, -0.25) is 11.3 Å². The molecule has 1 saturated carbocycles. The molecule has 2 rings (SSSR count). The second-order valence-corrected chi connectivity index (χ2v) is 4.57. The van der Waals surface area contributed by atoms with E-state index in [1.807, 2.05) is 18.2 Å². The van der Waals surface area contributed by atoms with Gasteiger partial charge in [0, 0.05) is 13.2 Å². The molecule has 0 spiro atoms. The van der Waals surface area contributed by atoms with Crippen LogP contribution in [0.25, 0.3) is 0 Å². The van der Waals surface area contributed by atoms with Crippen LogP contribution in [0.2, 0.25) is 0 Å². The Labute approximate surface area is 97.0 Å². The van der Waals surface area contributed by atoms with Crippen molar-refractivity contribution in [3.8, 4) is 0 Å². The molecule has 0 bridgehead atoms. The number of nitrogens with two attached hydrogens (primary N) is 1. The molecule has 0 amide bonds. The van der Waals surface area contributed by atoms with Gasteiger partial charge >= 0.3 is 0 Å². The summed E-state index contributed by atoms with van der Waals surface area (Å²) in [4.78, 5) is 0. The lowest BCUT2D eigenvalue weighted by Gasteiger charge is -2.42. The molecule has 0 radical (unpaired) electrons. The standard InChI is InChI=1S/C13H20N2O/c1-16-13(8-5-9-13)10-12(15-14)11-6-3-2-4-7-11/h2-4,6-7,12,15H,5,8-10,14H2,1H3. The largest absolute Gasteiger partial charge is 0.378 e. The Hall–Kier alpha value is -0.900. The summed E-state index contributed by atoms with van der Waals surface area (Å²) >= 11 is 0. The van der Waals surface area contributed by atoms with Crippen molar-refractivity contribution in [3.63, 3.8) is 0 Å². The van der Waals surface area contributed by atoms with Crippen LogP contribution in [-0.4, -0.2) is 12.7 Å². The first-order chi connectivity index (χ1) is 7.79. The van der Waals surface area contributed by atoms with Crippen molar-refractivity contribution in [1.82, 2.24) is 5.43 Å². The first-order valence-electron chi connectivity index (χ1n) is 5.86. The lowest BCUT2D eigenvalue weighted by Crippen LogP contribution is -2.44. The summed E-state index contributed by atoms with van der Waals surface area (Å²) in [6.45, 7) is 0. The second-order valence-electron chi connectivity index (χ2n) is 4.57. The highest BCUT2D eigenvalue weighted by molar-refractivity contribution is 5.19. The zero-order chi connectivity index (χ0) is 11.4. The van der Waals surface area contributed by atoms with E-state index in [9.17, 15) is 0 Å². The maximum absolute atomic E-state index is 5.64. The van der Waals surface area contributed by atoms with E-state index in [1.165, 1.54) is 12.0 Å². The van der Waals surface area contributed by atoms with Gasteiger partial charge in [0.05, 0.1) is 5.60 Å². The fourth-order valence-electron chi connectivity index (χ4n) is 2.39. The molecule has 0 saturated heterocycles. The number of hydrogen-bond donors (Lipinski definition) is 2. The Morgan fingerprint density at radius 1 is 1.38 bits per heavy atom. The number of benzene rings is 1. The predicted octanol–water partition coefficient (Wildman–Crippen LogP) is 2.15. The average molecular weight is 220 g/mol. The second kappa shape index (κ2) is 4.95. The van der Waals surface area contributed by atoms with Crippen molar-refractivity contribution in [2.75, 3.05) is 7.11 Å². The monoisotopic (exact) mass is 220 g/mol. The molecule has 0 aromatic heterocycles. The number of hydrazine groups is 1. The van der Waals surface area contributed by atoms with E-state index in [-0.39, 0.29) is 11.6 Å². The van der Waals surface area contributed by atoms with Crippen molar-refractivity contribution in [1.29, 1.82) is 0 Å². The molecule has 1 aliphatic rings. The van der Waals surface area contributed by atoms with Crippen molar-refractivity contribution in [2.45, 2.75) is 37.3 Å². The van der Waals surface area contributed by atoms with Crippen molar-refractivity contribution >= 4 is 0 Å². The number of rotatable bonds is 5. The third-order valence-electron chi connectivity index (χ3n) is 3.68. The Morgan fingerprint density at radius 2 is 2.06 bits per heavy atom. The predicted molar refractivity (Wildman–Crippen MR) is 64.7 cm³/mol. The molecule has 3 heteroatoms. The van der Waals surface area contributed by atoms with Crippen LogP contribution in [-0.2, 0) is 4.74 Å². The Kier molecular flexibility index (Phi) is 3.59. The summed E-state index contributed by atoms with van der Waals surface area (Å²) in [5.41, 5.74) is 4.17.